The number of pyridine rings is 1. The van der Waals surface area contributed by atoms with Crippen LogP contribution in [0.25, 0.3) is 0 Å². The molecule has 1 aromatic heterocycles. The summed E-state index contributed by atoms with van der Waals surface area (Å²) in [4.78, 5) is 9.43. The standard InChI is InChI=1S/C14H20ClN3/c1-9(2)12-6-16-14(5-13(12)15)18-7-10-4-11(8-18)17(10)3/h5-6,9-11H,4,7-8H2,1-3H3. The summed E-state index contributed by atoms with van der Waals surface area (Å²) in [6.45, 7) is 6.45. The Hall–Kier alpha value is -0.800. The summed E-state index contributed by atoms with van der Waals surface area (Å²) in [6, 6.07) is 3.44. The number of fused-ring (bicyclic) bond motifs is 2. The highest BCUT2D eigenvalue weighted by molar-refractivity contribution is 6.31. The number of aromatic nitrogens is 1. The van der Waals surface area contributed by atoms with E-state index in [0.29, 0.717) is 18.0 Å². The van der Waals surface area contributed by atoms with Gasteiger partial charge in [-0.15, -0.1) is 0 Å². The Balaban J connectivity index is 1.79. The first-order chi connectivity index (χ1) is 8.56. The molecule has 3 saturated heterocycles. The van der Waals surface area contributed by atoms with Crippen molar-refractivity contribution in [2.45, 2.75) is 38.3 Å². The lowest BCUT2D eigenvalue weighted by molar-refractivity contribution is 0.0261. The Bertz CT molecular complexity index is 448. The number of hydrogen-bond donors (Lipinski definition) is 0. The van der Waals surface area contributed by atoms with Gasteiger partial charge in [0.25, 0.3) is 0 Å². The van der Waals surface area contributed by atoms with E-state index in [-0.39, 0.29) is 0 Å². The second-order valence-corrected chi connectivity index (χ2v) is 6.24. The van der Waals surface area contributed by atoms with Crippen LogP contribution in [-0.4, -0.2) is 42.1 Å². The van der Waals surface area contributed by atoms with Gasteiger partial charge in [0.1, 0.15) is 5.82 Å². The van der Waals surface area contributed by atoms with Crippen LogP contribution in [0.4, 0.5) is 5.82 Å². The molecule has 0 aliphatic carbocycles. The maximum absolute atomic E-state index is 6.34. The molecule has 98 valence electrons. The Kier molecular flexibility index (Phi) is 2.99. The molecule has 0 radical (unpaired) electrons. The number of likely N-dealkylation sites (N-methyl/N-ethyl adjacent to an activating group) is 1. The summed E-state index contributed by atoms with van der Waals surface area (Å²) in [5.74, 6) is 1.46. The van der Waals surface area contributed by atoms with Gasteiger partial charge in [-0.2, -0.15) is 0 Å². The highest BCUT2D eigenvalue weighted by Gasteiger charge is 2.42. The third-order valence-corrected chi connectivity index (χ3v) is 4.70. The van der Waals surface area contributed by atoms with E-state index < -0.39 is 0 Å². The molecule has 0 saturated carbocycles. The van der Waals surface area contributed by atoms with Gasteiger partial charge >= 0.3 is 0 Å². The van der Waals surface area contributed by atoms with Crippen molar-refractivity contribution in [3.63, 3.8) is 0 Å². The number of piperidine rings is 1. The monoisotopic (exact) mass is 265 g/mol. The zero-order valence-electron chi connectivity index (χ0n) is 11.2. The quantitative estimate of drug-likeness (QED) is 0.820. The number of rotatable bonds is 2. The molecule has 0 N–H and O–H groups in total. The van der Waals surface area contributed by atoms with Gasteiger partial charge in [-0.25, -0.2) is 4.98 Å². The van der Waals surface area contributed by atoms with Crippen molar-refractivity contribution in [2.75, 3.05) is 25.0 Å². The Morgan fingerprint density at radius 3 is 2.50 bits per heavy atom. The van der Waals surface area contributed by atoms with Gasteiger partial charge in [0, 0.05) is 36.4 Å². The molecule has 0 amide bonds. The minimum absolute atomic E-state index is 0.431. The average Bonchev–Trinajstić information content (AvgIpc) is 2.37. The fourth-order valence-electron chi connectivity index (χ4n) is 3.01. The van der Waals surface area contributed by atoms with Crippen molar-refractivity contribution in [3.8, 4) is 0 Å². The predicted octanol–water partition coefficient (Wildman–Crippen LogP) is 2.75. The van der Waals surface area contributed by atoms with Crippen LogP contribution >= 0.6 is 11.6 Å². The van der Waals surface area contributed by atoms with Crippen molar-refractivity contribution >= 4 is 17.4 Å². The van der Waals surface area contributed by atoms with Crippen LogP contribution in [0.3, 0.4) is 0 Å². The third kappa shape index (κ3) is 1.90. The van der Waals surface area contributed by atoms with E-state index in [0.717, 1.165) is 29.5 Å². The minimum Gasteiger partial charge on any atom is -0.353 e. The largest absolute Gasteiger partial charge is 0.353 e. The lowest BCUT2D eigenvalue weighted by Gasteiger charge is -2.55. The number of piperazine rings is 1. The van der Waals surface area contributed by atoms with Crippen LogP contribution in [0.2, 0.25) is 5.02 Å². The van der Waals surface area contributed by atoms with Crippen LogP contribution in [0.15, 0.2) is 12.3 Å². The van der Waals surface area contributed by atoms with Crippen LogP contribution in [0.1, 0.15) is 31.7 Å². The smallest absolute Gasteiger partial charge is 0.130 e. The molecule has 18 heavy (non-hydrogen) atoms. The first kappa shape index (κ1) is 12.2. The second-order valence-electron chi connectivity index (χ2n) is 5.83. The van der Waals surface area contributed by atoms with Crippen LogP contribution in [0.5, 0.6) is 0 Å². The summed E-state index contributed by atoms with van der Waals surface area (Å²) < 4.78 is 0. The molecule has 3 nitrogen and oxygen atoms in total. The van der Waals surface area contributed by atoms with Crippen molar-refractivity contribution in [1.29, 1.82) is 0 Å². The van der Waals surface area contributed by atoms with E-state index in [4.69, 9.17) is 11.6 Å². The summed E-state index contributed by atoms with van der Waals surface area (Å²) in [6.07, 6.45) is 3.27. The lowest BCUT2D eigenvalue weighted by atomic mass is 9.88. The second kappa shape index (κ2) is 4.39. The molecule has 3 aliphatic heterocycles. The maximum Gasteiger partial charge on any atom is 0.130 e. The predicted molar refractivity (Wildman–Crippen MR) is 75.5 cm³/mol. The Morgan fingerprint density at radius 2 is 2.00 bits per heavy atom. The van der Waals surface area contributed by atoms with Gasteiger partial charge < -0.3 is 4.90 Å². The van der Waals surface area contributed by atoms with Crippen molar-refractivity contribution in [3.05, 3.63) is 22.8 Å². The molecule has 0 aromatic carbocycles. The molecule has 3 fully saturated rings. The normalized spacial score (nSPS) is 27.5. The van der Waals surface area contributed by atoms with E-state index in [1.54, 1.807) is 0 Å². The summed E-state index contributed by atoms with van der Waals surface area (Å²) in [5.41, 5.74) is 1.14. The van der Waals surface area contributed by atoms with Crippen LogP contribution < -0.4 is 4.90 Å². The van der Waals surface area contributed by atoms with Crippen LogP contribution in [-0.2, 0) is 0 Å². The topological polar surface area (TPSA) is 19.4 Å². The summed E-state index contributed by atoms with van der Waals surface area (Å²) >= 11 is 6.34. The van der Waals surface area contributed by atoms with Gasteiger partial charge in [0.05, 0.1) is 0 Å². The zero-order chi connectivity index (χ0) is 12.9. The fraction of sp³-hybridized carbons (Fsp3) is 0.643. The maximum atomic E-state index is 6.34. The van der Waals surface area contributed by atoms with Gasteiger partial charge in [-0.3, -0.25) is 4.90 Å². The molecular formula is C14H20ClN3. The highest BCUT2D eigenvalue weighted by Crippen LogP contribution is 2.34. The summed E-state index contributed by atoms with van der Waals surface area (Å²) in [5, 5.41) is 0.850. The molecule has 2 atom stereocenters. The van der Waals surface area contributed by atoms with Gasteiger partial charge in [0.15, 0.2) is 0 Å². The van der Waals surface area contributed by atoms with E-state index in [1.807, 2.05) is 12.3 Å². The molecule has 4 rings (SSSR count). The number of halogens is 1. The molecule has 1 aromatic rings. The average molecular weight is 266 g/mol. The van der Waals surface area contributed by atoms with E-state index in [9.17, 15) is 0 Å². The Morgan fingerprint density at radius 1 is 1.33 bits per heavy atom. The van der Waals surface area contributed by atoms with Crippen molar-refractivity contribution < 1.29 is 0 Å². The molecule has 4 heterocycles. The first-order valence-corrected chi connectivity index (χ1v) is 7.06. The molecule has 0 spiro atoms. The van der Waals surface area contributed by atoms with E-state index >= 15 is 0 Å². The lowest BCUT2D eigenvalue weighted by Crippen LogP contribution is -2.67. The van der Waals surface area contributed by atoms with Gasteiger partial charge in [-0.1, -0.05) is 25.4 Å². The van der Waals surface area contributed by atoms with Crippen molar-refractivity contribution in [1.82, 2.24) is 9.88 Å². The fourth-order valence-corrected chi connectivity index (χ4v) is 3.38. The molecule has 3 aliphatic rings. The van der Waals surface area contributed by atoms with Gasteiger partial charge in [0.2, 0.25) is 0 Å². The summed E-state index contributed by atoms with van der Waals surface area (Å²) in [7, 11) is 2.22. The zero-order valence-corrected chi connectivity index (χ0v) is 12.0. The minimum atomic E-state index is 0.431. The molecule has 2 unspecified atom stereocenters. The van der Waals surface area contributed by atoms with Crippen molar-refractivity contribution in [2.24, 2.45) is 0 Å². The third-order valence-electron chi connectivity index (χ3n) is 4.37. The molecular weight excluding hydrogens is 246 g/mol. The van der Waals surface area contributed by atoms with Gasteiger partial charge in [-0.05, 0) is 31.0 Å². The number of anilines is 1. The van der Waals surface area contributed by atoms with E-state index in [1.165, 1.54) is 6.42 Å². The SMILES string of the molecule is CC(C)c1cnc(N2CC3CC(C2)N3C)cc1Cl. The van der Waals surface area contributed by atoms with E-state index in [2.05, 4.69) is 35.7 Å². The molecule has 4 heteroatoms. The highest BCUT2D eigenvalue weighted by atomic mass is 35.5. The molecule has 2 bridgehead atoms. The number of nitrogens with zero attached hydrogens (tertiary/aromatic N) is 3. The van der Waals surface area contributed by atoms with Crippen LogP contribution in [0, 0.1) is 0 Å². The number of hydrogen-bond acceptors (Lipinski definition) is 3. The Labute approximate surface area is 114 Å². The first-order valence-electron chi connectivity index (χ1n) is 6.68.